The third-order valence-electron chi connectivity index (χ3n) is 9.44. The van der Waals surface area contributed by atoms with Crippen LogP contribution in [-0.2, 0) is 5.41 Å². The monoisotopic (exact) mass is 613 g/mol. The van der Waals surface area contributed by atoms with E-state index in [1.165, 1.54) is 11.1 Å². The second-order valence-corrected chi connectivity index (χ2v) is 12.1. The van der Waals surface area contributed by atoms with E-state index in [0.717, 1.165) is 66.9 Å². The van der Waals surface area contributed by atoms with Crippen LogP contribution in [0.1, 0.15) is 27.8 Å². The van der Waals surface area contributed by atoms with Crippen LogP contribution in [0.2, 0.25) is 0 Å². The molecule has 48 heavy (non-hydrogen) atoms. The second kappa shape index (κ2) is 11.0. The second-order valence-electron chi connectivity index (χ2n) is 12.1. The summed E-state index contributed by atoms with van der Waals surface area (Å²) in [5, 5.41) is 11.3. The summed E-state index contributed by atoms with van der Waals surface area (Å²) in [7, 11) is 0. The summed E-state index contributed by atoms with van der Waals surface area (Å²) in [6.45, 7) is 0. The van der Waals surface area contributed by atoms with Crippen molar-refractivity contribution in [2.45, 2.75) is 5.41 Å². The van der Waals surface area contributed by atoms with Crippen molar-refractivity contribution in [2.24, 2.45) is 0 Å². The van der Waals surface area contributed by atoms with Gasteiger partial charge in [-0.05, 0) is 47.5 Å². The lowest BCUT2D eigenvalue weighted by molar-refractivity contribution is 0.436. The van der Waals surface area contributed by atoms with Crippen molar-refractivity contribution in [3.05, 3.63) is 192 Å². The summed E-state index contributed by atoms with van der Waals surface area (Å²) in [5.74, 6) is 1.62. The van der Waals surface area contributed by atoms with Crippen LogP contribution in [0.4, 0.5) is 0 Å². The summed E-state index contributed by atoms with van der Waals surface area (Å²) in [4.78, 5) is 10.4. The Morgan fingerprint density at radius 2 is 1.06 bits per heavy atom. The summed E-state index contributed by atoms with van der Waals surface area (Å²) in [6.07, 6.45) is 0. The number of aromatic nitrogens is 2. The maximum absolute atomic E-state index is 9.26. The Labute approximate surface area is 278 Å². The number of hydrogen-bond donors (Lipinski definition) is 0. The molecule has 0 unspecified atom stereocenters. The zero-order valence-electron chi connectivity index (χ0n) is 25.8. The number of para-hydroxylation sites is 2. The van der Waals surface area contributed by atoms with E-state index in [4.69, 9.17) is 14.7 Å². The zero-order valence-corrected chi connectivity index (χ0v) is 25.8. The molecule has 3 heterocycles. The number of fused-ring (bicyclic) bond motifs is 5. The van der Waals surface area contributed by atoms with Gasteiger partial charge in [-0.2, -0.15) is 5.26 Å². The average Bonchev–Trinajstić information content (AvgIpc) is 3.17. The van der Waals surface area contributed by atoms with Gasteiger partial charge in [0.05, 0.1) is 39.5 Å². The number of hydrogen-bond acceptors (Lipinski definition) is 4. The van der Waals surface area contributed by atoms with Crippen LogP contribution >= 0.6 is 0 Å². The molecule has 0 atom stereocenters. The fraction of sp³-hybridized carbons (Fsp3) is 0.0227. The highest BCUT2D eigenvalue weighted by atomic mass is 16.5. The van der Waals surface area contributed by atoms with Gasteiger partial charge in [-0.3, -0.25) is 0 Å². The molecule has 6 aromatic carbocycles. The van der Waals surface area contributed by atoms with Gasteiger partial charge in [0.15, 0.2) is 0 Å². The van der Waals surface area contributed by atoms with Gasteiger partial charge in [0.25, 0.3) is 0 Å². The molecule has 9 rings (SSSR count). The standard InChI is InChI=1S/C44H27N3O/c45-28-29-18-20-30(21-19-29)38-26-24-31-22-23-32-25-27-39(47-42(32)41(31)46-38)35-14-9-16-37-43(35)48-40-17-8-7-15-36(40)44(37,33-10-3-1-4-11-33)34-12-5-2-6-13-34/h1-27H. The molecule has 8 aromatic rings. The van der Waals surface area contributed by atoms with E-state index in [1.807, 2.05) is 36.4 Å². The third kappa shape index (κ3) is 4.22. The average molecular weight is 614 g/mol. The van der Waals surface area contributed by atoms with E-state index < -0.39 is 5.41 Å². The molecule has 0 saturated carbocycles. The van der Waals surface area contributed by atoms with Crippen molar-refractivity contribution in [3.8, 4) is 40.1 Å². The normalized spacial score (nSPS) is 12.9. The molecule has 0 spiro atoms. The molecule has 1 aliphatic heterocycles. The molecule has 0 fully saturated rings. The fourth-order valence-electron chi connectivity index (χ4n) is 7.22. The summed E-state index contributed by atoms with van der Waals surface area (Å²) in [5.41, 5.74) is 9.69. The van der Waals surface area contributed by atoms with Crippen molar-refractivity contribution in [3.63, 3.8) is 0 Å². The Kier molecular flexibility index (Phi) is 6.38. The van der Waals surface area contributed by atoms with Gasteiger partial charge >= 0.3 is 0 Å². The van der Waals surface area contributed by atoms with Gasteiger partial charge in [0.1, 0.15) is 11.5 Å². The Balaban J connectivity index is 1.28. The Morgan fingerprint density at radius 1 is 0.500 bits per heavy atom. The van der Waals surface area contributed by atoms with Crippen LogP contribution in [0, 0.1) is 11.3 Å². The maximum Gasteiger partial charge on any atom is 0.141 e. The van der Waals surface area contributed by atoms with E-state index in [1.54, 1.807) is 0 Å². The molecular formula is C44H27N3O. The highest BCUT2D eigenvalue weighted by molar-refractivity contribution is 6.04. The molecule has 0 saturated heterocycles. The first-order valence-electron chi connectivity index (χ1n) is 16.0. The summed E-state index contributed by atoms with van der Waals surface area (Å²) >= 11 is 0. The lowest BCUT2D eigenvalue weighted by atomic mass is 9.63. The van der Waals surface area contributed by atoms with E-state index in [2.05, 4.69) is 133 Å². The van der Waals surface area contributed by atoms with Crippen LogP contribution in [-0.4, -0.2) is 9.97 Å². The Morgan fingerprint density at radius 3 is 1.73 bits per heavy atom. The van der Waals surface area contributed by atoms with E-state index in [-0.39, 0.29) is 0 Å². The van der Waals surface area contributed by atoms with Crippen molar-refractivity contribution >= 4 is 21.8 Å². The van der Waals surface area contributed by atoms with Crippen LogP contribution in [0.5, 0.6) is 11.5 Å². The zero-order chi connectivity index (χ0) is 32.1. The molecule has 0 amide bonds. The molecule has 0 bridgehead atoms. The largest absolute Gasteiger partial charge is 0.456 e. The van der Waals surface area contributed by atoms with E-state index >= 15 is 0 Å². The predicted octanol–water partition coefficient (Wildman–Crippen LogP) is 10.5. The van der Waals surface area contributed by atoms with Gasteiger partial charge in [-0.1, -0.05) is 127 Å². The summed E-state index contributed by atoms with van der Waals surface area (Å²) < 4.78 is 6.88. The Hall–Kier alpha value is -6.57. The highest BCUT2D eigenvalue weighted by Crippen LogP contribution is 2.57. The predicted molar refractivity (Wildman–Crippen MR) is 191 cm³/mol. The van der Waals surface area contributed by atoms with Crippen LogP contribution < -0.4 is 4.74 Å². The number of nitriles is 1. The van der Waals surface area contributed by atoms with Crippen molar-refractivity contribution < 1.29 is 4.74 Å². The van der Waals surface area contributed by atoms with E-state index in [9.17, 15) is 5.26 Å². The molecule has 0 N–H and O–H groups in total. The molecule has 2 aromatic heterocycles. The van der Waals surface area contributed by atoms with Gasteiger partial charge in [0, 0.05) is 33.0 Å². The first kappa shape index (κ1) is 27.7. The van der Waals surface area contributed by atoms with Crippen molar-refractivity contribution in [2.75, 3.05) is 0 Å². The van der Waals surface area contributed by atoms with Gasteiger partial charge in [-0.15, -0.1) is 0 Å². The minimum absolute atomic E-state index is 0.607. The Bertz CT molecular complexity index is 2500. The molecule has 4 nitrogen and oxygen atoms in total. The smallest absolute Gasteiger partial charge is 0.141 e. The topological polar surface area (TPSA) is 58.8 Å². The molecule has 1 aliphatic rings. The van der Waals surface area contributed by atoms with Crippen LogP contribution in [0.25, 0.3) is 44.3 Å². The van der Waals surface area contributed by atoms with E-state index in [0.29, 0.717) is 5.56 Å². The van der Waals surface area contributed by atoms with Gasteiger partial charge < -0.3 is 4.74 Å². The number of nitrogens with zero attached hydrogens (tertiary/aromatic N) is 3. The minimum atomic E-state index is -0.607. The van der Waals surface area contributed by atoms with Crippen molar-refractivity contribution in [1.82, 2.24) is 9.97 Å². The number of rotatable bonds is 4. The quantitative estimate of drug-likeness (QED) is 0.185. The van der Waals surface area contributed by atoms with Gasteiger partial charge in [0.2, 0.25) is 0 Å². The van der Waals surface area contributed by atoms with Crippen LogP contribution in [0.15, 0.2) is 164 Å². The summed E-state index contributed by atoms with van der Waals surface area (Å²) in [6, 6.07) is 58.4. The van der Waals surface area contributed by atoms with Crippen molar-refractivity contribution in [1.29, 1.82) is 5.26 Å². The first-order valence-corrected chi connectivity index (χ1v) is 16.0. The third-order valence-corrected chi connectivity index (χ3v) is 9.44. The lowest BCUT2D eigenvalue weighted by Gasteiger charge is -2.42. The lowest BCUT2D eigenvalue weighted by Crippen LogP contribution is -2.34. The number of ether oxygens (including phenoxy) is 1. The molecular weight excluding hydrogens is 587 g/mol. The maximum atomic E-state index is 9.26. The first-order chi connectivity index (χ1) is 23.7. The molecule has 224 valence electrons. The SMILES string of the molecule is N#Cc1ccc(-c2ccc3ccc4ccc(-c5cccc6c5Oc5ccccc5C6(c5ccccc5)c5ccccc5)nc4c3n2)cc1. The highest BCUT2D eigenvalue weighted by Gasteiger charge is 2.45. The molecule has 0 aliphatic carbocycles. The number of benzene rings is 6. The van der Waals surface area contributed by atoms with Gasteiger partial charge in [-0.25, -0.2) is 9.97 Å². The molecule has 0 radical (unpaired) electrons. The van der Waals surface area contributed by atoms with Crippen LogP contribution in [0.3, 0.4) is 0 Å². The fourth-order valence-corrected chi connectivity index (χ4v) is 7.22. The number of pyridine rings is 2. The molecule has 4 heteroatoms. The minimum Gasteiger partial charge on any atom is -0.456 e.